The maximum atomic E-state index is 13.4. The van der Waals surface area contributed by atoms with Crippen molar-refractivity contribution in [3.05, 3.63) is 70.2 Å². The zero-order valence-electron chi connectivity index (χ0n) is 19.5. The number of carbonyl (C=O) groups is 1. The Labute approximate surface area is 200 Å². The van der Waals surface area contributed by atoms with E-state index in [0.29, 0.717) is 26.1 Å². The molecule has 1 fully saturated rings. The van der Waals surface area contributed by atoms with E-state index in [9.17, 15) is 18.0 Å². The summed E-state index contributed by atoms with van der Waals surface area (Å²) in [5.41, 5.74) is 1.69. The summed E-state index contributed by atoms with van der Waals surface area (Å²) < 4.78 is 40.2. The number of aromatic nitrogens is 4. The zero-order chi connectivity index (χ0) is 25.3. The summed E-state index contributed by atoms with van der Waals surface area (Å²) in [6.07, 6.45) is -3.50. The summed E-state index contributed by atoms with van der Waals surface area (Å²) >= 11 is 0. The molecule has 0 radical (unpaired) electrons. The molecule has 35 heavy (non-hydrogen) atoms. The molecule has 1 aromatic carbocycles. The third-order valence-corrected chi connectivity index (χ3v) is 6.27. The van der Waals surface area contributed by atoms with Gasteiger partial charge in [0.05, 0.1) is 5.69 Å². The van der Waals surface area contributed by atoms with Gasteiger partial charge in [0.2, 0.25) is 5.95 Å². The van der Waals surface area contributed by atoms with Crippen LogP contribution in [0.2, 0.25) is 0 Å². The molecule has 1 aliphatic heterocycles. The van der Waals surface area contributed by atoms with Gasteiger partial charge in [-0.15, -0.1) is 5.10 Å². The zero-order valence-corrected chi connectivity index (χ0v) is 19.5. The first kappa shape index (κ1) is 24.4. The maximum absolute atomic E-state index is 13.4. The quantitative estimate of drug-likeness (QED) is 0.580. The second-order valence-electron chi connectivity index (χ2n) is 8.61. The van der Waals surface area contributed by atoms with Crippen molar-refractivity contribution in [2.24, 2.45) is 0 Å². The molecular weight excluding hydrogens is 461 g/mol. The molecular formula is C24H25F3N6O2. The summed E-state index contributed by atoms with van der Waals surface area (Å²) in [4.78, 5) is 22.4. The predicted molar refractivity (Wildman–Crippen MR) is 124 cm³/mol. The van der Waals surface area contributed by atoms with Gasteiger partial charge in [-0.05, 0) is 37.5 Å². The normalized spacial score (nSPS) is 16.5. The van der Waals surface area contributed by atoms with Crippen LogP contribution in [0.15, 0.2) is 36.5 Å². The maximum Gasteiger partial charge on any atom is 0.434 e. The van der Waals surface area contributed by atoms with Crippen LogP contribution >= 0.6 is 0 Å². The molecule has 8 nitrogen and oxygen atoms in total. The van der Waals surface area contributed by atoms with Crippen molar-refractivity contribution in [2.75, 3.05) is 29.4 Å². The largest absolute Gasteiger partial charge is 0.478 e. The number of halogens is 3. The fraction of sp³-hybridized carbons (Fsp3) is 0.375. The van der Waals surface area contributed by atoms with E-state index in [1.807, 2.05) is 51.1 Å². The summed E-state index contributed by atoms with van der Waals surface area (Å²) in [7, 11) is 0. The number of hydrogen-bond donors (Lipinski definition) is 1. The van der Waals surface area contributed by atoms with E-state index in [4.69, 9.17) is 5.11 Å². The number of rotatable bonds is 5. The smallest absolute Gasteiger partial charge is 0.434 e. The van der Waals surface area contributed by atoms with Gasteiger partial charge >= 0.3 is 12.1 Å². The second-order valence-corrected chi connectivity index (χ2v) is 8.61. The standard InChI is InChI=1S/C24H25F3N6O2/c1-14-13-32(21-16(3)15(2)19(30-31-21)11-17-7-5-4-6-8-17)9-10-33(14)23-28-12-18(22(34)35)20(29-23)24(25,26)27/h4-8,12,14H,9-11,13H2,1-3H3,(H,34,35). The van der Waals surface area contributed by atoms with Gasteiger partial charge in [0.1, 0.15) is 5.56 Å². The van der Waals surface area contributed by atoms with Crippen molar-refractivity contribution >= 4 is 17.7 Å². The Kier molecular flexibility index (Phi) is 6.60. The topological polar surface area (TPSA) is 95.3 Å². The number of anilines is 2. The Hall–Kier alpha value is -3.76. The van der Waals surface area contributed by atoms with Crippen LogP contribution in [0.5, 0.6) is 0 Å². The van der Waals surface area contributed by atoms with Crippen LogP contribution in [0.1, 0.15) is 45.4 Å². The third-order valence-electron chi connectivity index (χ3n) is 6.27. The van der Waals surface area contributed by atoms with Crippen LogP contribution in [-0.4, -0.2) is 56.9 Å². The van der Waals surface area contributed by atoms with Gasteiger partial charge < -0.3 is 14.9 Å². The Bertz CT molecular complexity index is 1240. The molecule has 1 saturated heterocycles. The Morgan fingerprint density at radius 1 is 1.11 bits per heavy atom. The molecule has 0 saturated carbocycles. The molecule has 0 aliphatic carbocycles. The molecule has 3 heterocycles. The van der Waals surface area contributed by atoms with Crippen LogP contribution in [0, 0.1) is 13.8 Å². The van der Waals surface area contributed by atoms with Gasteiger partial charge in [-0.3, -0.25) is 0 Å². The third kappa shape index (κ3) is 5.03. The van der Waals surface area contributed by atoms with Gasteiger partial charge in [-0.1, -0.05) is 30.3 Å². The molecule has 184 valence electrons. The van der Waals surface area contributed by atoms with Crippen LogP contribution in [0.25, 0.3) is 0 Å². The van der Waals surface area contributed by atoms with Gasteiger partial charge in [-0.2, -0.15) is 18.3 Å². The second kappa shape index (κ2) is 9.47. The number of aromatic carboxylic acids is 1. The van der Waals surface area contributed by atoms with Crippen molar-refractivity contribution in [3.8, 4) is 0 Å². The van der Waals surface area contributed by atoms with E-state index in [1.165, 1.54) is 0 Å². The number of nitrogens with zero attached hydrogens (tertiary/aromatic N) is 6. The highest BCUT2D eigenvalue weighted by Crippen LogP contribution is 2.32. The molecule has 0 amide bonds. The monoisotopic (exact) mass is 486 g/mol. The fourth-order valence-corrected chi connectivity index (χ4v) is 4.23. The summed E-state index contributed by atoms with van der Waals surface area (Å²) in [5.74, 6) is -1.13. The molecule has 11 heteroatoms. The van der Waals surface area contributed by atoms with Crippen molar-refractivity contribution in [3.63, 3.8) is 0 Å². The van der Waals surface area contributed by atoms with Crippen molar-refractivity contribution in [1.29, 1.82) is 0 Å². The number of hydrogen-bond acceptors (Lipinski definition) is 7. The van der Waals surface area contributed by atoms with Gasteiger partial charge in [0.25, 0.3) is 0 Å². The van der Waals surface area contributed by atoms with Crippen molar-refractivity contribution < 1.29 is 23.1 Å². The van der Waals surface area contributed by atoms with Crippen LogP contribution in [0.3, 0.4) is 0 Å². The van der Waals surface area contributed by atoms with Crippen LogP contribution < -0.4 is 9.80 Å². The Morgan fingerprint density at radius 2 is 1.83 bits per heavy atom. The van der Waals surface area contributed by atoms with Gasteiger partial charge in [0, 0.05) is 38.3 Å². The van der Waals surface area contributed by atoms with E-state index < -0.39 is 23.4 Å². The number of carboxylic acid groups (broad SMARTS) is 1. The molecule has 0 bridgehead atoms. The molecule has 1 aliphatic rings. The summed E-state index contributed by atoms with van der Waals surface area (Å²) in [6.45, 7) is 7.15. The fourth-order valence-electron chi connectivity index (χ4n) is 4.23. The van der Waals surface area contributed by atoms with Crippen LogP contribution in [0.4, 0.5) is 24.9 Å². The molecule has 4 rings (SSSR count). The van der Waals surface area contributed by atoms with E-state index in [-0.39, 0.29) is 12.0 Å². The minimum absolute atomic E-state index is 0.147. The van der Waals surface area contributed by atoms with Crippen molar-refractivity contribution in [2.45, 2.75) is 39.4 Å². The molecule has 1 atom stereocenters. The number of alkyl halides is 3. The SMILES string of the molecule is Cc1c(Cc2ccccc2)nnc(N2CCN(c3ncc(C(=O)O)c(C(F)(F)F)n3)C(C)C2)c1C. The lowest BCUT2D eigenvalue weighted by Crippen LogP contribution is -2.53. The molecule has 3 aromatic rings. The summed E-state index contributed by atoms with van der Waals surface area (Å²) in [6, 6.07) is 9.77. The Balaban J connectivity index is 1.54. The molecule has 1 unspecified atom stereocenters. The van der Waals surface area contributed by atoms with E-state index in [2.05, 4.69) is 25.1 Å². The highest BCUT2D eigenvalue weighted by Gasteiger charge is 2.39. The van der Waals surface area contributed by atoms with Gasteiger partial charge in [-0.25, -0.2) is 14.8 Å². The van der Waals surface area contributed by atoms with Crippen LogP contribution in [-0.2, 0) is 12.6 Å². The molecule has 1 N–H and O–H groups in total. The lowest BCUT2D eigenvalue weighted by Gasteiger charge is -2.41. The average molecular weight is 486 g/mol. The minimum atomic E-state index is -4.90. The van der Waals surface area contributed by atoms with E-state index in [1.54, 1.807) is 4.90 Å². The molecule has 2 aromatic heterocycles. The Morgan fingerprint density at radius 3 is 2.46 bits per heavy atom. The molecule has 0 spiro atoms. The first-order valence-electron chi connectivity index (χ1n) is 11.1. The first-order chi connectivity index (χ1) is 16.6. The number of benzene rings is 1. The lowest BCUT2D eigenvalue weighted by atomic mass is 10.0. The number of piperazine rings is 1. The minimum Gasteiger partial charge on any atom is -0.478 e. The average Bonchev–Trinajstić information content (AvgIpc) is 2.82. The lowest BCUT2D eigenvalue weighted by molar-refractivity contribution is -0.141. The number of carboxylic acids is 1. The van der Waals surface area contributed by atoms with E-state index in [0.717, 1.165) is 34.4 Å². The van der Waals surface area contributed by atoms with E-state index >= 15 is 0 Å². The highest BCUT2D eigenvalue weighted by atomic mass is 19.4. The first-order valence-corrected chi connectivity index (χ1v) is 11.1. The summed E-state index contributed by atoms with van der Waals surface area (Å²) in [5, 5.41) is 18.0. The van der Waals surface area contributed by atoms with Crippen molar-refractivity contribution in [1.82, 2.24) is 20.2 Å². The van der Waals surface area contributed by atoms with Gasteiger partial charge in [0.15, 0.2) is 11.5 Å². The highest BCUT2D eigenvalue weighted by molar-refractivity contribution is 5.88. The predicted octanol–water partition coefficient (Wildman–Crippen LogP) is 3.91.